The Bertz CT molecular complexity index is 674. The van der Waals surface area contributed by atoms with Crippen molar-refractivity contribution >= 4 is 5.91 Å². The second kappa shape index (κ2) is 8.05. The molecule has 4 rings (SSSR count). The molecule has 136 valence electrons. The molecule has 0 N–H and O–H groups in total. The number of rotatable bonds is 4. The zero-order chi connectivity index (χ0) is 17.8. The van der Waals surface area contributed by atoms with Crippen molar-refractivity contribution < 1.29 is 9.53 Å². The average molecular weight is 349 g/mol. The summed E-state index contributed by atoms with van der Waals surface area (Å²) in [6, 6.07) is 21.1. The summed E-state index contributed by atoms with van der Waals surface area (Å²) in [5.41, 5.74) is 2.42. The van der Waals surface area contributed by atoms with Crippen molar-refractivity contribution in [2.75, 3.05) is 13.2 Å². The van der Waals surface area contributed by atoms with Crippen LogP contribution in [0.5, 0.6) is 0 Å². The highest BCUT2D eigenvalue weighted by Gasteiger charge is 2.37. The van der Waals surface area contributed by atoms with E-state index in [2.05, 4.69) is 53.4 Å². The van der Waals surface area contributed by atoms with E-state index in [1.54, 1.807) is 0 Å². The number of nitrogens with zero attached hydrogens (tertiary/aromatic N) is 1. The molecule has 2 aliphatic rings. The molecule has 1 heterocycles. The van der Waals surface area contributed by atoms with Gasteiger partial charge < -0.3 is 9.64 Å². The molecule has 0 spiro atoms. The second-order valence-electron chi connectivity index (χ2n) is 7.43. The smallest absolute Gasteiger partial charge is 0.223 e. The first-order valence-corrected chi connectivity index (χ1v) is 9.84. The Balaban J connectivity index is 1.56. The van der Waals surface area contributed by atoms with E-state index < -0.39 is 0 Å². The van der Waals surface area contributed by atoms with Crippen LogP contribution in [0.4, 0.5) is 0 Å². The van der Waals surface area contributed by atoms with Gasteiger partial charge in [0.1, 0.15) is 0 Å². The molecule has 2 unspecified atom stereocenters. The lowest BCUT2D eigenvalue weighted by molar-refractivity contribution is -0.149. The maximum absolute atomic E-state index is 13.3. The minimum Gasteiger partial charge on any atom is -0.374 e. The monoisotopic (exact) mass is 349 g/mol. The predicted octanol–water partition coefficient (Wildman–Crippen LogP) is 4.38. The van der Waals surface area contributed by atoms with Crippen LogP contribution in [0.15, 0.2) is 60.7 Å². The maximum Gasteiger partial charge on any atom is 0.223 e. The molecule has 0 radical (unpaired) electrons. The third kappa shape index (κ3) is 3.68. The van der Waals surface area contributed by atoms with Gasteiger partial charge in [-0.1, -0.05) is 73.5 Å². The SMILES string of the molecule is O=C(CC(c1ccccc1)c1ccccc1)N1CCOC2CCCCC21. The fraction of sp³-hybridized carbons (Fsp3) is 0.435. The van der Waals surface area contributed by atoms with Crippen LogP contribution in [0.1, 0.15) is 49.1 Å². The van der Waals surface area contributed by atoms with Gasteiger partial charge in [-0.25, -0.2) is 0 Å². The van der Waals surface area contributed by atoms with Crippen LogP contribution < -0.4 is 0 Å². The van der Waals surface area contributed by atoms with E-state index in [1.807, 2.05) is 12.1 Å². The summed E-state index contributed by atoms with van der Waals surface area (Å²) < 4.78 is 5.94. The average Bonchev–Trinajstić information content (AvgIpc) is 2.72. The number of fused-ring (bicyclic) bond motifs is 1. The summed E-state index contributed by atoms with van der Waals surface area (Å²) in [5, 5.41) is 0. The minimum atomic E-state index is 0.106. The van der Waals surface area contributed by atoms with E-state index in [1.165, 1.54) is 24.0 Å². The number of carbonyl (C=O) groups excluding carboxylic acids is 1. The van der Waals surface area contributed by atoms with Gasteiger partial charge in [0.2, 0.25) is 5.91 Å². The normalized spacial score (nSPS) is 22.9. The zero-order valence-electron chi connectivity index (χ0n) is 15.2. The highest BCUT2D eigenvalue weighted by molar-refractivity contribution is 5.78. The number of benzene rings is 2. The Morgan fingerprint density at radius 2 is 1.58 bits per heavy atom. The van der Waals surface area contributed by atoms with Gasteiger partial charge in [-0.2, -0.15) is 0 Å². The minimum absolute atomic E-state index is 0.106. The molecule has 1 aliphatic heterocycles. The van der Waals surface area contributed by atoms with Crippen LogP contribution in [-0.4, -0.2) is 36.1 Å². The standard InChI is InChI=1S/C23H27NO2/c25-23(24-15-16-26-22-14-8-7-13-21(22)24)17-20(18-9-3-1-4-10-18)19-11-5-2-6-12-19/h1-6,9-12,20-22H,7-8,13-17H2. The van der Waals surface area contributed by atoms with Gasteiger partial charge in [-0.15, -0.1) is 0 Å². The molecule has 26 heavy (non-hydrogen) atoms. The van der Waals surface area contributed by atoms with Gasteiger partial charge in [0, 0.05) is 18.9 Å². The van der Waals surface area contributed by atoms with Gasteiger partial charge in [0.25, 0.3) is 0 Å². The topological polar surface area (TPSA) is 29.5 Å². The number of ether oxygens (including phenoxy) is 1. The molecule has 2 aromatic carbocycles. The lowest BCUT2D eigenvalue weighted by Gasteiger charge is -2.44. The molecule has 1 saturated heterocycles. The summed E-state index contributed by atoms with van der Waals surface area (Å²) in [6.45, 7) is 1.41. The quantitative estimate of drug-likeness (QED) is 0.820. The fourth-order valence-electron chi connectivity index (χ4n) is 4.50. The largest absolute Gasteiger partial charge is 0.374 e. The summed E-state index contributed by atoms with van der Waals surface area (Å²) in [6.07, 6.45) is 5.37. The predicted molar refractivity (Wildman–Crippen MR) is 103 cm³/mol. The lowest BCUT2D eigenvalue weighted by atomic mass is 9.86. The first-order chi connectivity index (χ1) is 12.8. The summed E-state index contributed by atoms with van der Waals surface area (Å²) in [5.74, 6) is 0.373. The summed E-state index contributed by atoms with van der Waals surface area (Å²) in [7, 11) is 0. The molecule has 0 bridgehead atoms. The number of morpholine rings is 1. The van der Waals surface area contributed by atoms with Crippen LogP contribution in [0, 0.1) is 0 Å². The van der Waals surface area contributed by atoms with Crippen molar-refractivity contribution in [3.8, 4) is 0 Å². The highest BCUT2D eigenvalue weighted by Crippen LogP contribution is 2.32. The van der Waals surface area contributed by atoms with E-state index in [9.17, 15) is 4.79 Å². The van der Waals surface area contributed by atoms with Crippen molar-refractivity contribution in [1.82, 2.24) is 4.90 Å². The lowest BCUT2D eigenvalue weighted by Crippen LogP contribution is -2.55. The Hall–Kier alpha value is -2.13. The van der Waals surface area contributed by atoms with E-state index in [4.69, 9.17) is 4.74 Å². The molecule has 2 fully saturated rings. The molecule has 3 heteroatoms. The number of hydrogen-bond donors (Lipinski definition) is 0. The van der Waals surface area contributed by atoms with Gasteiger partial charge in [-0.05, 0) is 24.0 Å². The second-order valence-corrected chi connectivity index (χ2v) is 7.43. The number of carbonyl (C=O) groups is 1. The molecule has 0 aromatic heterocycles. The third-order valence-corrected chi connectivity index (χ3v) is 5.84. The molecule has 3 nitrogen and oxygen atoms in total. The van der Waals surface area contributed by atoms with E-state index >= 15 is 0 Å². The first kappa shape index (κ1) is 17.3. The van der Waals surface area contributed by atoms with Crippen molar-refractivity contribution in [2.24, 2.45) is 0 Å². The summed E-state index contributed by atoms with van der Waals surface area (Å²) >= 11 is 0. The van der Waals surface area contributed by atoms with Crippen molar-refractivity contribution in [3.05, 3.63) is 71.8 Å². The number of hydrogen-bond acceptors (Lipinski definition) is 2. The fourth-order valence-corrected chi connectivity index (χ4v) is 4.50. The van der Waals surface area contributed by atoms with Gasteiger partial charge in [-0.3, -0.25) is 4.79 Å². The van der Waals surface area contributed by atoms with Crippen LogP contribution in [-0.2, 0) is 9.53 Å². The van der Waals surface area contributed by atoms with Crippen LogP contribution in [0.25, 0.3) is 0 Å². The number of amides is 1. The zero-order valence-corrected chi connectivity index (χ0v) is 15.2. The Kier molecular flexibility index (Phi) is 5.35. The van der Waals surface area contributed by atoms with Crippen molar-refractivity contribution in [1.29, 1.82) is 0 Å². The van der Waals surface area contributed by atoms with Gasteiger partial charge in [0.05, 0.1) is 18.8 Å². The van der Waals surface area contributed by atoms with Gasteiger partial charge >= 0.3 is 0 Å². The van der Waals surface area contributed by atoms with Crippen LogP contribution in [0.2, 0.25) is 0 Å². The highest BCUT2D eigenvalue weighted by atomic mass is 16.5. The van der Waals surface area contributed by atoms with E-state index in [0.717, 1.165) is 19.4 Å². The first-order valence-electron chi connectivity index (χ1n) is 9.84. The van der Waals surface area contributed by atoms with Crippen LogP contribution >= 0.6 is 0 Å². The molecule has 1 amide bonds. The van der Waals surface area contributed by atoms with Crippen molar-refractivity contribution in [2.45, 2.75) is 50.2 Å². The van der Waals surface area contributed by atoms with Crippen molar-refractivity contribution in [3.63, 3.8) is 0 Å². The molecular weight excluding hydrogens is 322 g/mol. The van der Waals surface area contributed by atoms with E-state index in [-0.39, 0.29) is 24.0 Å². The molecule has 1 saturated carbocycles. The molecule has 2 atom stereocenters. The van der Waals surface area contributed by atoms with Crippen LogP contribution in [0.3, 0.4) is 0 Å². The molecule has 1 aliphatic carbocycles. The maximum atomic E-state index is 13.3. The Labute approximate surface area is 156 Å². The molecule has 2 aromatic rings. The summed E-state index contributed by atoms with van der Waals surface area (Å²) in [4.78, 5) is 15.4. The Morgan fingerprint density at radius 3 is 2.23 bits per heavy atom. The van der Waals surface area contributed by atoms with E-state index in [0.29, 0.717) is 13.0 Å². The molecular formula is C23H27NO2. The third-order valence-electron chi connectivity index (χ3n) is 5.84. The Morgan fingerprint density at radius 1 is 0.962 bits per heavy atom. The van der Waals surface area contributed by atoms with Gasteiger partial charge in [0.15, 0.2) is 0 Å².